The Bertz CT molecular complexity index is 1300. The van der Waals surface area contributed by atoms with Crippen molar-refractivity contribution in [2.75, 3.05) is 6.26 Å². The zero-order valence-corrected chi connectivity index (χ0v) is 16.7. The summed E-state index contributed by atoms with van der Waals surface area (Å²) in [5.41, 5.74) is 0.394. The quantitative estimate of drug-likeness (QED) is 0.485. The molecule has 0 aliphatic carbocycles. The van der Waals surface area contributed by atoms with E-state index >= 15 is 0 Å². The van der Waals surface area contributed by atoms with Gasteiger partial charge in [0.25, 0.3) is 5.56 Å². The van der Waals surface area contributed by atoms with E-state index in [0.29, 0.717) is 21.7 Å². The molecule has 0 aliphatic rings. The van der Waals surface area contributed by atoms with Crippen LogP contribution in [0.25, 0.3) is 16.7 Å². The third kappa shape index (κ3) is 3.37. The minimum absolute atomic E-state index is 0.256. The number of fused-ring (bicyclic) bond motifs is 1. The summed E-state index contributed by atoms with van der Waals surface area (Å²) in [4.78, 5) is 35.8. The van der Waals surface area contributed by atoms with Gasteiger partial charge in [-0.2, -0.15) is 0 Å². The molecule has 4 aromatic rings. The lowest BCUT2D eigenvalue weighted by Crippen LogP contribution is -2.42. The molecule has 3 aromatic heterocycles. The SMILES string of the molecule is CC(c1ccccn1)n1c(=O)c2cccnc2n(-c2cccc([S+](C)[O-])c2)c1=O. The van der Waals surface area contributed by atoms with Crippen LogP contribution in [0.2, 0.25) is 0 Å². The highest BCUT2D eigenvalue weighted by Gasteiger charge is 2.21. The van der Waals surface area contributed by atoms with Crippen LogP contribution in [0.5, 0.6) is 0 Å². The van der Waals surface area contributed by atoms with E-state index in [1.165, 1.54) is 15.3 Å². The van der Waals surface area contributed by atoms with E-state index in [2.05, 4.69) is 9.97 Å². The number of pyridine rings is 2. The van der Waals surface area contributed by atoms with Crippen molar-refractivity contribution >= 4 is 22.2 Å². The first kappa shape index (κ1) is 19.1. The van der Waals surface area contributed by atoms with E-state index in [-0.39, 0.29) is 5.65 Å². The Labute approximate surface area is 169 Å². The molecule has 0 saturated carbocycles. The van der Waals surface area contributed by atoms with Gasteiger partial charge in [0.05, 0.1) is 22.8 Å². The fraction of sp³-hybridized carbons (Fsp3) is 0.143. The highest BCUT2D eigenvalue weighted by molar-refractivity contribution is 7.90. The third-order valence-corrected chi connectivity index (χ3v) is 5.67. The Morgan fingerprint density at radius 1 is 1.00 bits per heavy atom. The van der Waals surface area contributed by atoms with E-state index in [1.54, 1.807) is 67.9 Å². The van der Waals surface area contributed by atoms with Gasteiger partial charge < -0.3 is 4.55 Å². The molecule has 0 N–H and O–H groups in total. The maximum atomic E-state index is 13.5. The maximum absolute atomic E-state index is 13.5. The molecule has 146 valence electrons. The largest absolute Gasteiger partial charge is 0.612 e. The Kier molecular flexibility index (Phi) is 5.04. The zero-order chi connectivity index (χ0) is 20.5. The predicted octanol–water partition coefficient (Wildman–Crippen LogP) is 2.29. The number of aromatic nitrogens is 4. The number of benzene rings is 1. The molecule has 0 aliphatic heterocycles. The predicted molar refractivity (Wildman–Crippen MR) is 112 cm³/mol. The van der Waals surface area contributed by atoms with E-state index in [0.717, 1.165) is 0 Å². The van der Waals surface area contributed by atoms with E-state index in [4.69, 9.17) is 0 Å². The lowest BCUT2D eigenvalue weighted by atomic mass is 10.2. The normalized spacial score (nSPS) is 13.3. The molecule has 0 spiro atoms. The number of hydrogen-bond donors (Lipinski definition) is 0. The Morgan fingerprint density at radius 3 is 2.52 bits per heavy atom. The van der Waals surface area contributed by atoms with Gasteiger partial charge in [0, 0.05) is 18.5 Å². The maximum Gasteiger partial charge on any atom is 0.337 e. The Hall–Kier alpha value is -3.23. The molecular formula is C21H18N4O3S. The zero-order valence-electron chi connectivity index (χ0n) is 15.9. The van der Waals surface area contributed by atoms with Crippen LogP contribution in [0.3, 0.4) is 0 Å². The summed E-state index contributed by atoms with van der Waals surface area (Å²) in [6, 6.07) is 14.9. The molecule has 2 atom stereocenters. The molecule has 4 rings (SSSR count). The monoisotopic (exact) mass is 406 g/mol. The second kappa shape index (κ2) is 7.65. The first-order valence-electron chi connectivity index (χ1n) is 8.96. The lowest BCUT2D eigenvalue weighted by Gasteiger charge is -2.18. The van der Waals surface area contributed by atoms with Gasteiger partial charge in [-0.25, -0.2) is 14.3 Å². The average molecular weight is 406 g/mol. The molecule has 8 heteroatoms. The summed E-state index contributed by atoms with van der Waals surface area (Å²) < 4.78 is 14.5. The van der Waals surface area contributed by atoms with Gasteiger partial charge >= 0.3 is 5.69 Å². The Balaban J connectivity index is 2.07. The first-order chi connectivity index (χ1) is 14.0. The van der Waals surface area contributed by atoms with E-state index < -0.39 is 28.5 Å². The molecule has 2 unspecified atom stereocenters. The highest BCUT2D eigenvalue weighted by atomic mass is 32.2. The Morgan fingerprint density at radius 2 is 1.79 bits per heavy atom. The summed E-state index contributed by atoms with van der Waals surface area (Å²) in [6.45, 7) is 1.76. The van der Waals surface area contributed by atoms with Crippen LogP contribution < -0.4 is 11.2 Å². The molecule has 0 fully saturated rings. The van der Waals surface area contributed by atoms with Crippen LogP contribution >= 0.6 is 0 Å². The standard InChI is InChI=1S/C21H18N4O3S/c1-14(18-10-3-4-11-22-18)24-20(26)17-9-6-12-23-19(17)25(21(24)27)15-7-5-8-16(13-15)29(2)28/h3-14H,1-2H3. The van der Waals surface area contributed by atoms with Gasteiger partial charge in [-0.3, -0.25) is 14.3 Å². The van der Waals surface area contributed by atoms with Crippen LogP contribution in [-0.4, -0.2) is 29.9 Å². The highest BCUT2D eigenvalue weighted by Crippen LogP contribution is 2.18. The van der Waals surface area contributed by atoms with Gasteiger partial charge in [-0.1, -0.05) is 12.1 Å². The molecule has 7 nitrogen and oxygen atoms in total. The molecule has 29 heavy (non-hydrogen) atoms. The lowest BCUT2D eigenvalue weighted by molar-refractivity contribution is 0.558. The second-order valence-electron chi connectivity index (χ2n) is 6.55. The van der Waals surface area contributed by atoms with Crippen molar-refractivity contribution in [1.29, 1.82) is 0 Å². The van der Waals surface area contributed by atoms with Crippen LogP contribution in [0, 0.1) is 0 Å². The summed E-state index contributed by atoms with van der Waals surface area (Å²) in [5.74, 6) is 0. The van der Waals surface area contributed by atoms with Crippen molar-refractivity contribution in [2.45, 2.75) is 17.9 Å². The number of rotatable bonds is 4. The molecule has 0 radical (unpaired) electrons. The molecule has 0 amide bonds. The topological polar surface area (TPSA) is 92.8 Å². The van der Waals surface area contributed by atoms with Crippen molar-refractivity contribution in [3.8, 4) is 5.69 Å². The van der Waals surface area contributed by atoms with Crippen LogP contribution in [-0.2, 0) is 11.2 Å². The average Bonchev–Trinajstić information content (AvgIpc) is 2.74. The molecule has 3 heterocycles. The van der Waals surface area contributed by atoms with Gasteiger partial charge in [0.2, 0.25) is 0 Å². The fourth-order valence-corrected chi connectivity index (χ4v) is 3.85. The molecule has 0 bridgehead atoms. The minimum atomic E-state index is -1.22. The third-order valence-electron chi connectivity index (χ3n) is 4.76. The van der Waals surface area contributed by atoms with E-state index in [9.17, 15) is 14.1 Å². The van der Waals surface area contributed by atoms with Crippen LogP contribution in [0.15, 0.2) is 81.5 Å². The summed E-state index contributed by atoms with van der Waals surface area (Å²) in [6.07, 6.45) is 4.73. The van der Waals surface area contributed by atoms with Gasteiger partial charge in [-0.05, 0) is 54.5 Å². The van der Waals surface area contributed by atoms with Gasteiger partial charge in [-0.15, -0.1) is 0 Å². The molecule has 1 aromatic carbocycles. The fourth-order valence-electron chi connectivity index (χ4n) is 3.29. The van der Waals surface area contributed by atoms with Crippen molar-refractivity contribution in [3.63, 3.8) is 0 Å². The van der Waals surface area contributed by atoms with Crippen molar-refractivity contribution in [3.05, 3.63) is 93.5 Å². The van der Waals surface area contributed by atoms with Crippen LogP contribution in [0.4, 0.5) is 0 Å². The van der Waals surface area contributed by atoms with Crippen molar-refractivity contribution in [1.82, 2.24) is 19.1 Å². The summed E-state index contributed by atoms with van der Waals surface area (Å²) in [5, 5.41) is 0.318. The van der Waals surface area contributed by atoms with Crippen LogP contribution in [0.1, 0.15) is 18.7 Å². The molecular weight excluding hydrogens is 388 g/mol. The number of nitrogens with zero attached hydrogens (tertiary/aromatic N) is 4. The van der Waals surface area contributed by atoms with E-state index in [1.807, 2.05) is 6.07 Å². The number of hydrogen-bond acceptors (Lipinski definition) is 5. The second-order valence-corrected chi connectivity index (χ2v) is 7.93. The van der Waals surface area contributed by atoms with Gasteiger partial charge in [0.15, 0.2) is 10.5 Å². The van der Waals surface area contributed by atoms with Gasteiger partial charge in [0.1, 0.15) is 6.26 Å². The van der Waals surface area contributed by atoms with Crippen molar-refractivity contribution in [2.24, 2.45) is 0 Å². The first-order valence-corrected chi connectivity index (χ1v) is 10.5. The van der Waals surface area contributed by atoms with Crippen molar-refractivity contribution < 1.29 is 4.55 Å². The smallest absolute Gasteiger partial charge is 0.337 e. The summed E-state index contributed by atoms with van der Waals surface area (Å²) >= 11 is -1.22. The summed E-state index contributed by atoms with van der Waals surface area (Å²) in [7, 11) is 0. The molecule has 0 saturated heterocycles. The minimum Gasteiger partial charge on any atom is -0.612 e.